The highest BCUT2D eigenvalue weighted by Crippen LogP contribution is 2.32. The van der Waals surface area contributed by atoms with Gasteiger partial charge >= 0.3 is 0 Å². The zero-order chi connectivity index (χ0) is 19.4. The van der Waals surface area contributed by atoms with Crippen molar-refractivity contribution in [3.05, 3.63) is 53.6 Å². The van der Waals surface area contributed by atoms with E-state index in [1.54, 1.807) is 30.3 Å². The van der Waals surface area contributed by atoms with Gasteiger partial charge in [0.2, 0.25) is 18.6 Å². The Morgan fingerprint density at radius 2 is 1.81 bits per heavy atom. The molecule has 3 rings (SSSR count). The van der Waals surface area contributed by atoms with Crippen LogP contribution in [0.4, 0.5) is 5.69 Å². The van der Waals surface area contributed by atoms with Crippen molar-refractivity contribution >= 4 is 23.3 Å². The standard InChI is InChI=1S/C20H20N2O5/c1-13(23)16-4-3-5-17(9-16)22(14(2)24)11-20(25)21-10-15-6-7-18-19(8-15)27-12-26-18/h3-9H,10-12H2,1-2H3,(H,21,25). The van der Waals surface area contributed by atoms with E-state index in [2.05, 4.69) is 5.32 Å². The minimum atomic E-state index is -0.309. The lowest BCUT2D eigenvalue weighted by Gasteiger charge is -2.21. The lowest BCUT2D eigenvalue weighted by Crippen LogP contribution is -2.39. The van der Waals surface area contributed by atoms with Crippen molar-refractivity contribution in [3.63, 3.8) is 0 Å². The van der Waals surface area contributed by atoms with Crippen molar-refractivity contribution in [2.24, 2.45) is 0 Å². The molecule has 7 heteroatoms. The van der Waals surface area contributed by atoms with Gasteiger partial charge in [0, 0.05) is 24.7 Å². The third-order valence-corrected chi connectivity index (χ3v) is 4.17. The maximum absolute atomic E-state index is 12.3. The first-order valence-electron chi connectivity index (χ1n) is 8.48. The maximum atomic E-state index is 12.3. The van der Waals surface area contributed by atoms with Crippen molar-refractivity contribution in [2.75, 3.05) is 18.2 Å². The van der Waals surface area contributed by atoms with E-state index in [1.807, 2.05) is 12.1 Å². The van der Waals surface area contributed by atoms with Gasteiger partial charge in [0.25, 0.3) is 0 Å². The number of hydrogen-bond acceptors (Lipinski definition) is 5. The molecule has 140 valence electrons. The molecule has 1 aliphatic heterocycles. The summed E-state index contributed by atoms with van der Waals surface area (Å²) >= 11 is 0. The molecule has 2 aromatic carbocycles. The number of nitrogens with zero attached hydrogens (tertiary/aromatic N) is 1. The van der Waals surface area contributed by atoms with Crippen molar-refractivity contribution < 1.29 is 23.9 Å². The third kappa shape index (κ3) is 4.44. The fourth-order valence-corrected chi connectivity index (χ4v) is 2.73. The Bertz CT molecular complexity index is 894. The minimum Gasteiger partial charge on any atom is -0.454 e. The lowest BCUT2D eigenvalue weighted by atomic mass is 10.1. The number of fused-ring (bicyclic) bond motifs is 1. The van der Waals surface area contributed by atoms with E-state index >= 15 is 0 Å². The number of ether oxygens (including phenoxy) is 2. The molecule has 27 heavy (non-hydrogen) atoms. The molecule has 1 N–H and O–H groups in total. The van der Waals surface area contributed by atoms with E-state index in [-0.39, 0.29) is 30.9 Å². The normalized spacial score (nSPS) is 11.8. The van der Waals surface area contributed by atoms with Gasteiger partial charge in [-0.25, -0.2) is 0 Å². The van der Waals surface area contributed by atoms with E-state index in [1.165, 1.54) is 18.7 Å². The zero-order valence-electron chi connectivity index (χ0n) is 15.2. The zero-order valence-corrected chi connectivity index (χ0v) is 15.2. The van der Waals surface area contributed by atoms with Crippen LogP contribution in [0.3, 0.4) is 0 Å². The van der Waals surface area contributed by atoms with Gasteiger partial charge in [0.15, 0.2) is 17.3 Å². The van der Waals surface area contributed by atoms with Gasteiger partial charge in [-0.15, -0.1) is 0 Å². The molecule has 0 radical (unpaired) electrons. The summed E-state index contributed by atoms with van der Waals surface area (Å²) in [4.78, 5) is 37.2. The predicted octanol–water partition coefficient (Wildman–Crippen LogP) is 2.29. The van der Waals surface area contributed by atoms with Gasteiger partial charge in [0.1, 0.15) is 6.54 Å². The Balaban J connectivity index is 1.64. The molecule has 7 nitrogen and oxygen atoms in total. The van der Waals surface area contributed by atoms with Gasteiger partial charge in [-0.2, -0.15) is 0 Å². The van der Waals surface area contributed by atoms with Crippen LogP contribution in [0.15, 0.2) is 42.5 Å². The van der Waals surface area contributed by atoms with Gasteiger partial charge in [-0.1, -0.05) is 18.2 Å². The van der Waals surface area contributed by atoms with E-state index < -0.39 is 0 Å². The highest BCUT2D eigenvalue weighted by atomic mass is 16.7. The first-order chi connectivity index (χ1) is 12.9. The van der Waals surface area contributed by atoms with Crippen molar-refractivity contribution in [1.29, 1.82) is 0 Å². The smallest absolute Gasteiger partial charge is 0.240 e. The summed E-state index contributed by atoms with van der Waals surface area (Å²) in [6.07, 6.45) is 0. The molecule has 0 aromatic heterocycles. The molecule has 0 saturated heterocycles. The summed E-state index contributed by atoms with van der Waals surface area (Å²) < 4.78 is 10.6. The average molecular weight is 368 g/mol. The molecular formula is C20H20N2O5. The summed E-state index contributed by atoms with van der Waals surface area (Å²) in [5.41, 5.74) is 1.86. The SMILES string of the molecule is CC(=O)c1cccc(N(CC(=O)NCc2ccc3c(c2)OCO3)C(C)=O)c1. The molecule has 0 fully saturated rings. The van der Waals surface area contributed by atoms with Crippen molar-refractivity contribution in [3.8, 4) is 11.5 Å². The highest BCUT2D eigenvalue weighted by molar-refractivity contribution is 6.00. The van der Waals surface area contributed by atoms with E-state index in [9.17, 15) is 14.4 Å². The van der Waals surface area contributed by atoms with Crippen LogP contribution in [0.1, 0.15) is 29.8 Å². The van der Waals surface area contributed by atoms with E-state index in [0.29, 0.717) is 29.3 Å². The summed E-state index contributed by atoms with van der Waals surface area (Å²) in [6, 6.07) is 12.1. The summed E-state index contributed by atoms with van der Waals surface area (Å²) in [5, 5.41) is 2.79. The fourth-order valence-electron chi connectivity index (χ4n) is 2.73. The minimum absolute atomic E-state index is 0.104. The molecule has 2 amide bonds. The topological polar surface area (TPSA) is 84.9 Å². The van der Waals surface area contributed by atoms with Crippen LogP contribution >= 0.6 is 0 Å². The molecule has 0 bridgehead atoms. The van der Waals surface area contributed by atoms with Gasteiger partial charge in [-0.05, 0) is 36.8 Å². The maximum Gasteiger partial charge on any atom is 0.240 e. The van der Waals surface area contributed by atoms with Crippen LogP contribution in [0.2, 0.25) is 0 Å². The number of carbonyl (C=O) groups is 3. The number of hydrogen-bond donors (Lipinski definition) is 1. The van der Waals surface area contributed by atoms with Crippen LogP contribution in [-0.4, -0.2) is 30.9 Å². The lowest BCUT2D eigenvalue weighted by molar-refractivity contribution is -0.123. The fraction of sp³-hybridized carbons (Fsp3) is 0.250. The second kappa shape index (κ2) is 7.90. The van der Waals surface area contributed by atoms with Crippen LogP contribution in [-0.2, 0) is 16.1 Å². The molecule has 2 aromatic rings. The van der Waals surface area contributed by atoms with Crippen molar-refractivity contribution in [2.45, 2.75) is 20.4 Å². The first-order valence-corrected chi connectivity index (χ1v) is 8.48. The Hall–Kier alpha value is -3.35. The predicted molar refractivity (Wildman–Crippen MR) is 98.9 cm³/mol. The van der Waals surface area contributed by atoms with Gasteiger partial charge in [-0.3, -0.25) is 14.4 Å². The molecule has 0 unspecified atom stereocenters. The van der Waals surface area contributed by atoms with Crippen LogP contribution in [0, 0.1) is 0 Å². The first kappa shape index (κ1) is 18.4. The van der Waals surface area contributed by atoms with Crippen molar-refractivity contribution in [1.82, 2.24) is 5.32 Å². The molecule has 0 spiro atoms. The number of nitrogens with one attached hydrogen (secondary N) is 1. The quantitative estimate of drug-likeness (QED) is 0.791. The molecule has 0 atom stereocenters. The number of carbonyl (C=O) groups excluding carboxylic acids is 3. The Morgan fingerprint density at radius 1 is 1.04 bits per heavy atom. The summed E-state index contributed by atoms with van der Waals surface area (Å²) in [6.45, 7) is 3.19. The van der Waals surface area contributed by atoms with Crippen LogP contribution < -0.4 is 19.7 Å². The van der Waals surface area contributed by atoms with E-state index in [0.717, 1.165) is 5.56 Å². The Labute approximate surface area is 156 Å². The largest absolute Gasteiger partial charge is 0.454 e. The van der Waals surface area contributed by atoms with Crippen LogP contribution in [0.25, 0.3) is 0 Å². The van der Waals surface area contributed by atoms with Gasteiger partial charge < -0.3 is 19.7 Å². The second-order valence-corrected chi connectivity index (χ2v) is 6.18. The molecule has 0 aliphatic carbocycles. The Kier molecular flexibility index (Phi) is 5.40. The number of Topliss-reactive ketones (excluding diaryl/α,β-unsaturated/α-hetero) is 1. The monoisotopic (exact) mass is 368 g/mol. The molecule has 1 aliphatic rings. The number of rotatable bonds is 6. The molecular weight excluding hydrogens is 348 g/mol. The van der Waals surface area contributed by atoms with Crippen LogP contribution in [0.5, 0.6) is 11.5 Å². The number of ketones is 1. The van der Waals surface area contributed by atoms with E-state index in [4.69, 9.17) is 9.47 Å². The number of amides is 2. The third-order valence-electron chi connectivity index (χ3n) is 4.17. The highest BCUT2D eigenvalue weighted by Gasteiger charge is 2.17. The number of benzene rings is 2. The molecule has 0 saturated carbocycles. The Morgan fingerprint density at radius 3 is 2.56 bits per heavy atom. The molecule has 1 heterocycles. The summed E-state index contributed by atoms with van der Waals surface area (Å²) in [7, 11) is 0. The number of anilines is 1. The van der Waals surface area contributed by atoms with Gasteiger partial charge in [0.05, 0.1) is 0 Å². The summed E-state index contributed by atoms with van der Waals surface area (Å²) in [5.74, 6) is 0.629. The average Bonchev–Trinajstić information content (AvgIpc) is 3.12. The second-order valence-electron chi connectivity index (χ2n) is 6.18.